The van der Waals surface area contributed by atoms with Gasteiger partial charge >= 0.3 is 0 Å². The number of nitrogens with one attached hydrogen (secondary N) is 2. The van der Waals surface area contributed by atoms with Gasteiger partial charge in [-0.3, -0.25) is 15.3 Å². The zero-order valence-electron chi connectivity index (χ0n) is 9.16. The van der Waals surface area contributed by atoms with E-state index in [1.165, 1.54) is 0 Å². The molecule has 0 saturated carbocycles. The zero-order chi connectivity index (χ0) is 12.5. The number of hydrazine groups is 1. The summed E-state index contributed by atoms with van der Waals surface area (Å²) in [6.07, 6.45) is 3.20. The molecule has 0 aromatic carbocycles. The van der Waals surface area contributed by atoms with Crippen LogP contribution >= 0.6 is 0 Å². The predicted octanol–water partition coefficient (Wildman–Crippen LogP) is -0.253. The van der Waals surface area contributed by atoms with Crippen molar-refractivity contribution in [3.05, 3.63) is 36.3 Å². The normalized spacial score (nSPS) is 10.7. The van der Waals surface area contributed by atoms with Gasteiger partial charge in [0.2, 0.25) is 0 Å². The van der Waals surface area contributed by atoms with Crippen LogP contribution < -0.4 is 11.3 Å². The van der Waals surface area contributed by atoms with Gasteiger partial charge < -0.3 is 0 Å². The van der Waals surface area contributed by atoms with Crippen molar-refractivity contribution in [1.82, 2.24) is 30.4 Å². The van der Waals surface area contributed by atoms with E-state index in [0.29, 0.717) is 5.52 Å². The Labute approximate surface area is 101 Å². The van der Waals surface area contributed by atoms with Crippen molar-refractivity contribution < 1.29 is 4.79 Å². The van der Waals surface area contributed by atoms with Crippen LogP contribution in [0.4, 0.5) is 0 Å². The maximum atomic E-state index is 11.4. The number of carbonyl (C=O) groups is 1. The molecule has 3 aromatic heterocycles. The molecular weight excluding hydrogens is 234 g/mol. The number of carbonyl (C=O) groups excluding carboxylic acids is 1. The Bertz CT molecular complexity index is 700. The zero-order valence-corrected chi connectivity index (χ0v) is 9.16. The molecule has 0 radical (unpaired) electrons. The van der Waals surface area contributed by atoms with Crippen molar-refractivity contribution in [3.8, 4) is 5.82 Å². The van der Waals surface area contributed by atoms with E-state index >= 15 is 0 Å². The number of H-pyrrole nitrogens is 1. The second-order valence-electron chi connectivity index (χ2n) is 3.57. The average molecular weight is 243 g/mol. The lowest BCUT2D eigenvalue weighted by Crippen LogP contribution is -2.30. The first-order chi connectivity index (χ1) is 8.79. The largest absolute Gasteiger partial charge is 0.289 e. The quantitative estimate of drug-likeness (QED) is 0.326. The highest BCUT2D eigenvalue weighted by Crippen LogP contribution is 2.15. The van der Waals surface area contributed by atoms with Crippen molar-refractivity contribution in [2.45, 2.75) is 0 Å². The molecule has 1 amide bonds. The Balaban J connectivity index is 2.14. The van der Waals surface area contributed by atoms with Gasteiger partial charge in [0.1, 0.15) is 17.0 Å². The van der Waals surface area contributed by atoms with E-state index in [1.54, 1.807) is 35.3 Å². The summed E-state index contributed by atoms with van der Waals surface area (Å²) >= 11 is 0. The average Bonchev–Trinajstić information content (AvgIpc) is 3.05. The summed E-state index contributed by atoms with van der Waals surface area (Å²) in [5.74, 6) is 5.34. The maximum Gasteiger partial charge on any atom is 0.283 e. The molecule has 0 atom stereocenters. The second kappa shape index (κ2) is 3.93. The number of pyridine rings is 1. The van der Waals surface area contributed by atoms with Gasteiger partial charge in [-0.25, -0.2) is 15.5 Å². The lowest BCUT2D eigenvalue weighted by atomic mass is 10.3. The van der Waals surface area contributed by atoms with Crippen LogP contribution in [0.2, 0.25) is 0 Å². The third kappa shape index (κ3) is 1.52. The number of fused-ring (bicyclic) bond motifs is 1. The molecule has 90 valence electrons. The highest BCUT2D eigenvalue weighted by Gasteiger charge is 2.10. The molecule has 0 unspecified atom stereocenters. The number of aromatic nitrogens is 5. The summed E-state index contributed by atoms with van der Waals surface area (Å²) in [6.45, 7) is 0. The molecule has 8 heteroatoms. The number of hydrogen-bond donors (Lipinski definition) is 3. The van der Waals surface area contributed by atoms with Crippen LogP contribution in [0, 0.1) is 0 Å². The van der Waals surface area contributed by atoms with Gasteiger partial charge in [0.05, 0.1) is 17.9 Å². The van der Waals surface area contributed by atoms with E-state index in [-0.39, 0.29) is 5.69 Å². The summed E-state index contributed by atoms with van der Waals surface area (Å²) in [6, 6.07) is 5.12. The smallest absolute Gasteiger partial charge is 0.283 e. The number of nitrogens with zero attached hydrogens (tertiary/aromatic N) is 4. The van der Waals surface area contributed by atoms with Crippen molar-refractivity contribution >= 4 is 16.9 Å². The van der Waals surface area contributed by atoms with Gasteiger partial charge in [-0.15, -0.1) is 0 Å². The molecule has 0 aliphatic heterocycles. The summed E-state index contributed by atoms with van der Waals surface area (Å²) in [7, 11) is 0. The minimum Gasteiger partial charge on any atom is -0.289 e. The Hall–Kier alpha value is -2.74. The van der Waals surface area contributed by atoms with Crippen LogP contribution in [0.3, 0.4) is 0 Å². The van der Waals surface area contributed by atoms with E-state index in [9.17, 15) is 4.79 Å². The van der Waals surface area contributed by atoms with Crippen molar-refractivity contribution in [3.63, 3.8) is 0 Å². The molecule has 0 aliphatic rings. The highest BCUT2D eigenvalue weighted by atomic mass is 16.2. The number of nitrogen functional groups attached to an aromatic ring is 1. The molecule has 0 fully saturated rings. The first-order valence-corrected chi connectivity index (χ1v) is 5.15. The Morgan fingerprint density at radius 1 is 1.39 bits per heavy atom. The molecule has 8 nitrogen and oxygen atoms in total. The first kappa shape index (κ1) is 10.4. The SMILES string of the molecule is NNC(=O)c1ccc2c(cnn2-c2ccn[nH]2)n1. The van der Waals surface area contributed by atoms with E-state index in [4.69, 9.17) is 5.84 Å². The molecule has 3 heterocycles. The van der Waals surface area contributed by atoms with E-state index in [1.807, 2.05) is 5.43 Å². The minimum atomic E-state index is -0.439. The van der Waals surface area contributed by atoms with Crippen LogP contribution in [0.15, 0.2) is 30.6 Å². The van der Waals surface area contributed by atoms with Gasteiger partial charge in [-0.05, 0) is 12.1 Å². The van der Waals surface area contributed by atoms with Crippen molar-refractivity contribution in [2.75, 3.05) is 0 Å². The van der Waals surface area contributed by atoms with Crippen molar-refractivity contribution in [2.24, 2.45) is 5.84 Å². The topological polar surface area (TPSA) is 115 Å². The minimum absolute atomic E-state index is 0.245. The lowest BCUT2D eigenvalue weighted by molar-refractivity contribution is 0.0949. The summed E-state index contributed by atoms with van der Waals surface area (Å²) < 4.78 is 1.65. The summed E-state index contributed by atoms with van der Waals surface area (Å²) in [5.41, 5.74) is 3.65. The fourth-order valence-electron chi connectivity index (χ4n) is 1.68. The highest BCUT2D eigenvalue weighted by molar-refractivity contribution is 5.94. The Morgan fingerprint density at radius 3 is 3.00 bits per heavy atom. The van der Waals surface area contributed by atoms with Gasteiger partial charge in [0.25, 0.3) is 5.91 Å². The fourth-order valence-corrected chi connectivity index (χ4v) is 1.68. The van der Waals surface area contributed by atoms with Crippen molar-refractivity contribution in [1.29, 1.82) is 0 Å². The molecule has 3 rings (SSSR count). The Kier molecular flexibility index (Phi) is 2.27. The van der Waals surface area contributed by atoms with Gasteiger partial charge in [0.15, 0.2) is 0 Å². The summed E-state index contributed by atoms with van der Waals surface area (Å²) in [4.78, 5) is 15.5. The van der Waals surface area contributed by atoms with Crippen LogP contribution in [0.1, 0.15) is 10.5 Å². The van der Waals surface area contributed by atoms with Crippen LogP contribution in [-0.4, -0.2) is 30.9 Å². The molecule has 0 saturated heterocycles. The second-order valence-corrected chi connectivity index (χ2v) is 3.57. The van der Waals surface area contributed by atoms with Crippen LogP contribution in [0.5, 0.6) is 0 Å². The van der Waals surface area contributed by atoms with Gasteiger partial charge in [-0.1, -0.05) is 0 Å². The standard InChI is InChI=1S/C10H9N7O/c11-15-10(18)6-1-2-8-7(14-6)5-13-17(8)9-3-4-12-16-9/h1-5H,11H2,(H,12,16)(H,15,18). The van der Waals surface area contributed by atoms with E-state index in [2.05, 4.69) is 20.3 Å². The van der Waals surface area contributed by atoms with Crippen LogP contribution in [0.25, 0.3) is 16.9 Å². The summed E-state index contributed by atoms with van der Waals surface area (Å²) in [5, 5.41) is 10.8. The van der Waals surface area contributed by atoms with E-state index < -0.39 is 5.91 Å². The Morgan fingerprint density at radius 2 is 2.28 bits per heavy atom. The number of nitrogens with two attached hydrogens (primary N) is 1. The first-order valence-electron chi connectivity index (χ1n) is 5.15. The predicted molar refractivity (Wildman–Crippen MR) is 62.7 cm³/mol. The maximum absolute atomic E-state index is 11.4. The lowest BCUT2D eigenvalue weighted by Gasteiger charge is -2.00. The molecule has 0 spiro atoms. The number of aromatic amines is 1. The molecular formula is C10H9N7O. The van der Waals surface area contributed by atoms with E-state index in [0.717, 1.165) is 11.3 Å². The molecule has 18 heavy (non-hydrogen) atoms. The van der Waals surface area contributed by atoms with Gasteiger partial charge in [-0.2, -0.15) is 10.2 Å². The monoisotopic (exact) mass is 243 g/mol. The third-order valence-corrected chi connectivity index (χ3v) is 2.50. The molecule has 0 aliphatic carbocycles. The van der Waals surface area contributed by atoms with Gasteiger partial charge in [0, 0.05) is 6.07 Å². The van der Waals surface area contributed by atoms with Crippen LogP contribution in [-0.2, 0) is 0 Å². The number of hydrogen-bond acceptors (Lipinski definition) is 5. The molecule has 3 aromatic rings. The fraction of sp³-hybridized carbons (Fsp3) is 0. The number of rotatable bonds is 2. The molecule has 4 N–H and O–H groups in total. The molecule has 0 bridgehead atoms. The third-order valence-electron chi connectivity index (χ3n) is 2.50. The number of amides is 1.